The second-order valence-electron chi connectivity index (χ2n) is 4.58. The van der Waals surface area contributed by atoms with Crippen LogP contribution in [0.5, 0.6) is 0 Å². The second kappa shape index (κ2) is 2.83. The highest BCUT2D eigenvalue weighted by molar-refractivity contribution is 5.36. The maximum absolute atomic E-state index is 11.6. The van der Waals surface area contributed by atoms with Crippen molar-refractivity contribution >= 4 is 5.82 Å². The van der Waals surface area contributed by atoms with E-state index in [0.717, 1.165) is 6.42 Å². The molecule has 76 valence electrons. The lowest BCUT2D eigenvalue weighted by molar-refractivity contribution is 0.629. The van der Waals surface area contributed by atoms with Crippen LogP contribution in [0.4, 0.5) is 5.82 Å². The van der Waals surface area contributed by atoms with E-state index in [1.807, 2.05) is 0 Å². The van der Waals surface area contributed by atoms with E-state index >= 15 is 0 Å². The van der Waals surface area contributed by atoms with Gasteiger partial charge in [-0.15, -0.1) is 0 Å². The highest BCUT2D eigenvalue weighted by Gasteiger charge is 2.46. The van der Waals surface area contributed by atoms with E-state index in [0.29, 0.717) is 17.3 Å². The van der Waals surface area contributed by atoms with Crippen molar-refractivity contribution < 1.29 is 0 Å². The van der Waals surface area contributed by atoms with Gasteiger partial charge in [0.2, 0.25) is 0 Å². The summed E-state index contributed by atoms with van der Waals surface area (Å²) in [6.45, 7) is 4.36. The van der Waals surface area contributed by atoms with E-state index in [9.17, 15) is 4.79 Å². The van der Waals surface area contributed by atoms with Crippen molar-refractivity contribution in [1.29, 1.82) is 0 Å². The van der Waals surface area contributed by atoms with E-state index < -0.39 is 0 Å². The zero-order valence-electron chi connectivity index (χ0n) is 8.74. The third-order valence-corrected chi connectivity index (χ3v) is 2.84. The van der Waals surface area contributed by atoms with Crippen LogP contribution < -0.4 is 10.9 Å². The van der Waals surface area contributed by atoms with Crippen molar-refractivity contribution in [3.05, 3.63) is 22.7 Å². The molecule has 1 aliphatic carbocycles. The van der Waals surface area contributed by atoms with Crippen molar-refractivity contribution in [3.63, 3.8) is 0 Å². The van der Waals surface area contributed by atoms with Gasteiger partial charge < -0.3 is 9.88 Å². The molecule has 0 spiro atoms. The first kappa shape index (κ1) is 9.24. The molecular formula is C10H15N3O. The normalized spacial score (nSPS) is 23.2. The lowest BCUT2D eigenvalue weighted by atomic mass is 10.2. The van der Waals surface area contributed by atoms with Gasteiger partial charge in [-0.05, 0) is 11.8 Å². The molecule has 14 heavy (non-hydrogen) atoms. The summed E-state index contributed by atoms with van der Waals surface area (Å²) in [5.41, 5.74) is 0.248. The number of hydrogen-bond acceptors (Lipinski definition) is 3. The van der Waals surface area contributed by atoms with Crippen LogP contribution >= 0.6 is 0 Å². The molecule has 4 nitrogen and oxygen atoms in total. The van der Waals surface area contributed by atoms with Crippen LogP contribution in [-0.2, 0) is 7.05 Å². The van der Waals surface area contributed by atoms with E-state index in [1.54, 1.807) is 19.4 Å². The number of aromatic nitrogens is 2. The molecule has 0 aliphatic heterocycles. The highest BCUT2D eigenvalue weighted by Crippen LogP contribution is 2.45. The lowest BCUT2D eigenvalue weighted by Crippen LogP contribution is -2.24. The average molecular weight is 193 g/mol. The molecular weight excluding hydrogens is 178 g/mol. The van der Waals surface area contributed by atoms with Gasteiger partial charge in [-0.3, -0.25) is 4.79 Å². The predicted molar refractivity (Wildman–Crippen MR) is 55.3 cm³/mol. The molecule has 1 aliphatic rings. The third-order valence-electron chi connectivity index (χ3n) is 2.84. The first-order chi connectivity index (χ1) is 6.50. The van der Waals surface area contributed by atoms with Crippen molar-refractivity contribution in [2.75, 3.05) is 5.32 Å². The van der Waals surface area contributed by atoms with Crippen LogP contribution in [-0.4, -0.2) is 15.6 Å². The Bertz CT molecular complexity index is 408. The summed E-state index contributed by atoms with van der Waals surface area (Å²) in [7, 11) is 1.73. The molecule has 4 heteroatoms. The fourth-order valence-corrected chi connectivity index (χ4v) is 1.48. The van der Waals surface area contributed by atoms with Crippen molar-refractivity contribution in [1.82, 2.24) is 9.55 Å². The standard InChI is InChI=1S/C10H15N3O/c1-10(2)6-7(10)12-8-9(14)13(3)5-4-11-8/h4-5,7H,6H2,1-3H3,(H,11,12). The van der Waals surface area contributed by atoms with Crippen LogP contribution in [0.3, 0.4) is 0 Å². The molecule has 1 saturated carbocycles. The van der Waals surface area contributed by atoms with Gasteiger partial charge in [0, 0.05) is 25.5 Å². The molecule has 0 amide bonds. The molecule has 0 saturated heterocycles. The zero-order valence-corrected chi connectivity index (χ0v) is 8.74. The number of rotatable bonds is 2. The monoisotopic (exact) mass is 193 g/mol. The summed E-state index contributed by atoms with van der Waals surface area (Å²) >= 11 is 0. The minimum absolute atomic E-state index is 0.0600. The maximum atomic E-state index is 11.6. The molecule has 0 radical (unpaired) electrons. The fraction of sp³-hybridized carbons (Fsp3) is 0.600. The third kappa shape index (κ3) is 1.52. The summed E-state index contributed by atoms with van der Waals surface area (Å²) in [6, 6.07) is 0.394. The molecule has 1 atom stereocenters. The van der Waals surface area contributed by atoms with Crippen molar-refractivity contribution in [2.24, 2.45) is 12.5 Å². The minimum Gasteiger partial charge on any atom is -0.362 e. The molecule has 1 aromatic heterocycles. The Morgan fingerprint density at radius 1 is 1.64 bits per heavy atom. The van der Waals surface area contributed by atoms with Crippen LogP contribution in [0, 0.1) is 5.41 Å². The van der Waals surface area contributed by atoms with E-state index in [4.69, 9.17) is 0 Å². The van der Waals surface area contributed by atoms with E-state index in [2.05, 4.69) is 24.1 Å². The maximum Gasteiger partial charge on any atom is 0.293 e. The van der Waals surface area contributed by atoms with E-state index in [1.165, 1.54) is 4.57 Å². The van der Waals surface area contributed by atoms with Gasteiger partial charge in [0.15, 0.2) is 5.82 Å². The Hall–Kier alpha value is -1.32. The highest BCUT2D eigenvalue weighted by atomic mass is 16.1. The molecule has 1 N–H and O–H groups in total. The summed E-state index contributed by atoms with van der Waals surface area (Å²) in [4.78, 5) is 15.6. The van der Waals surface area contributed by atoms with Crippen LogP contribution in [0.2, 0.25) is 0 Å². The predicted octanol–water partition coefficient (Wildman–Crippen LogP) is 0.991. The van der Waals surface area contributed by atoms with Crippen LogP contribution in [0.25, 0.3) is 0 Å². The molecule has 0 bridgehead atoms. The van der Waals surface area contributed by atoms with Gasteiger partial charge in [0.05, 0.1) is 0 Å². The Balaban J connectivity index is 2.19. The molecule has 2 rings (SSSR count). The number of anilines is 1. The number of nitrogens with zero attached hydrogens (tertiary/aromatic N) is 2. The SMILES string of the molecule is Cn1ccnc(NC2CC2(C)C)c1=O. The molecule has 1 heterocycles. The van der Waals surface area contributed by atoms with Crippen molar-refractivity contribution in [3.8, 4) is 0 Å². The number of aryl methyl sites for hydroxylation is 1. The van der Waals surface area contributed by atoms with Gasteiger partial charge in [0.1, 0.15) is 0 Å². The first-order valence-corrected chi connectivity index (χ1v) is 4.79. The minimum atomic E-state index is -0.0600. The quantitative estimate of drug-likeness (QED) is 0.762. The molecule has 1 aromatic rings. The van der Waals surface area contributed by atoms with E-state index in [-0.39, 0.29) is 5.56 Å². The smallest absolute Gasteiger partial charge is 0.293 e. The van der Waals surface area contributed by atoms with Gasteiger partial charge in [0.25, 0.3) is 5.56 Å². The summed E-state index contributed by atoms with van der Waals surface area (Å²) < 4.78 is 1.53. The number of nitrogens with one attached hydrogen (secondary N) is 1. The van der Waals surface area contributed by atoms with Crippen molar-refractivity contribution in [2.45, 2.75) is 26.3 Å². The number of hydrogen-bond donors (Lipinski definition) is 1. The topological polar surface area (TPSA) is 46.9 Å². The molecule has 1 unspecified atom stereocenters. The first-order valence-electron chi connectivity index (χ1n) is 4.79. The molecule has 0 aromatic carbocycles. The van der Waals surface area contributed by atoms with Gasteiger partial charge >= 0.3 is 0 Å². The molecule has 1 fully saturated rings. The Kier molecular flexibility index (Phi) is 1.87. The summed E-state index contributed by atoms with van der Waals surface area (Å²) in [6.07, 6.45) is 4.40. The average Bonchev–Trinajstić information content (AvgIpc) is 2.68. The van der Waals surface area contributed by atoms with Crippen LogP contribution in [0.1, 0.15) is 20.3 Å². The van der Waals surface area contributed by atoms with Gasteiger partial charge in [-0.1, -0.05) is 13.8 Å². The Morgan fingerprint density at radius 2 is 2.29 bits per heavy atom. The Labute approximate surface area is 83.0 Å². The zero-order chi connectivity index (χ0) is 10.3. The van der Waals surface area contributed by atoms with Crippen LogP contribution in [0.15, 0.2) is 17.2 Å². The largest absolute Gasteiger partial charge is 0.362 e. The second-order valence-corrected chi connectivity index (χ2v) is 4.58. The fourth-order valence-electron chi connectivity index (χ4n) is 1.48. The van der Waals surface area contributed by atoms with Gasteiger partial charge in [-0.2, -0.15) is 0 Å². The summed E-state index contributed by atoms with van der Waals surface area (Å²) in [5, 5.41) is 3.17. The lowest BCUT2D eigenvalue weighted by Gasteiger charge is -2.07. The summed E-state index contributed by atoms with van der Waals surface area (Å²) in [5.74, 6) is 0.463. The Morgan fingerprint density at radius 3 is 2.86 bits per heavy atom. The van der Waals surface area contributed by atoms with Gasteiger partial charge in [-0.25, -0.2) is 4.98 Å².